The molecule has 0 amide bonds. The van der Waals surface area contributed by atoms with Crippen LogP contribution in [-0.2, 0) is 10.0 Å². The standard InChI is InChI=1S/C13H8F2N2O2S/c14-12-6-3-10(7-13(12)15)17-20(18,19)11-4-1-9(8-16)2-5-11/h1-7,17H. The van der Waals surface area contributed by atoms with Gasteiger partial charge >= 0.3 is 0 Å². The van der Waals surface area contributed by atoms with Gasteiger partial charge in [0.25, 0.3) is 10.0 Å². The highest BCUT2D eigenvalue weighted by molar-refractivity contribution is 7.92. The average molecular weight is 294 g/mol. The molecule has 0 aromatic heterocycles. The molecule has 2 aromatic carbocycles. The lowest BCUT2D eigenvalue weighted by Gasteiger charge is -2.08. The lowest BCUT2D eigenvalue weighted by Crippen LogP contribution is -2.13. The van der Waals surface area contributed by atoms with Crippen LogP contribution in [0.4, 0.5) is 14.5 Å². The molecule has 0 spiro atoms. The highest BCUT2D eigenvalue weighted by Gasteiger charge is 2.15. The zero-order chi connectivity index (χ0) is 14.8. The van der Waals surface area contributed by atoms with Crippen LogP contribution in [-0.4, -0.2) is 8.42 Å². The SMILES string of the molecule is N#Cc1ccc(S(=O)(=O)Nc2ccc(F)c(F)c2)cc1. The van der Waals surface area contributed by atoms with Crippen LogP contribution in [0.1, 0.15) is 5.56 Å². The van der Waals surface area contributed by atoms with Crippen molar-refractivity contribution in [2.45, 2.75) is 4.90 Å². The van der Waals surface area contributed by atoms with Gasteiger partial charge in [0.05, 0.1) is 22.2 Å². The van der Waals surface area contributed by atoms with Crippen LogP contribution in [0.3, 0.4) is 0 Å². The first-order valence-electron chi connectivity index (χ1n) is 5.40. The summed E-state index contributed by atoms with van der Waals surface area (Å²) in [5.74, 6) is -2.21. The van der Waals surface area contributed by atoms with Crippen molar-refractivity contribution in [2.75, 3.05) is 4.72 Å². The van der Waals surface area contributed by atoms with Crippen molar-refractivity contribution in [2.24, 2.45) is 0 Å². The minimum Gasteiger partial charge on any atom is -0.280 e. The van der Waals surface area contributed by atoms with Gasteiger partial charge in [0.15, 0.2) is 11.6 Å². The van der Waals surface area contributed by atoms with E-state index in [2.05, 4.69) is 4.72 Å². The van der Waals surface area contributed by atoms with E-state index in [9.17, 15) is 17.2 Å². The van der Waals surface area contributed by atoms with Crippen LogP contribution in [0.15, 0.2) is 47.4 Å². The Morgan fingerprint density at radius 3 is 2.20 bits per heavy atom. The number of halogens is 2. The number of hydrogen-bond acceptors (Lipinski definition) is 3. The van der Waals surface area contributed by atoms with Crippen molar-refractivity contribution in [1.29, 1.82) is 5.26 Å². The van der Waals surface area contributed by atoms with E-state index in [1.54, 1.807) is 0 Å². The first-order chi connectivity index (χ1) is 9.42. The third-order valence-electron chi connectivity index (χ3n) is 2.47. The molecule has 0 aliphatic heterocycles. The summed E-state index contributed by atoms with van der Waals surface area (Å²) in [6.07, 6.45) is 0. The molecule has 102 valence electrons. The van der Waals surface area contributed by atoms with E-state index >= 15 is 0 Å². The molecule has 0 heterocycles. The molecular formula is C13H8F2N2O2S. The van der Waals surface area contributed by atoms with Crippen molar-refractivity contribution < 1.29 is 17.2 Å². The van der Waals surface area contributed by atoms with E-state index in [0.717, 1.165) is 18.2 Å². The van der Waals surface area contributed by atoms with Crippen LogP contribution in [0.5, 0.6) is 0 Å². The number of benzene rings is 2. The summed E-state index contributed by atoms with van der Waals surface area (Å²) in [4.78, 5) is -0.0822. The second-order valence-corrected chi connectivity index (χ2v) is 5.55. The van der Waals surface area contributed by atoms with E-state index in [1.807, 2.05) is 6.07 Å². The molecule has 2 aromatic rings. The molecule has 0 fully saturated rings. The Morgan fingerprint density at radius 2 is 1.65 bits per heavy atom. The summed E-state index contributed by atoms with van der Waals surface area (Å²) in [5, 5.41) is 8.63. The van der Waals surface area contributed by atoms with Crippen molar-refractivity contribution in [3.05, 3.63) is 59.7 Å². The summed E-state index contributed by atoms with van der Waals surface area (Å²) in [6.45, 7) is 0. The predicted molar refractivity (Wildman–Crippen MR) is 68.3 cm³/mol. The maximum absolute atomic E-state index is 13.0. The molecule has 1 N–H and O–H groups in total. The second-order valence-electron chi connectivity index (χ2n) is 3.87. The van der Waals surface area contributed by atoms with Gasteiger partial charge in [-0.2, -0.15) is 5.26 Å². The van der Waals surface area contributed by atoms with Gasteiger partial charge in [-0.25, -0.2) is 17.2 Å². The van der Waals surface area contributed by atoms with Crippen molar-refractivity contribution in [3.8, 4) is 6.07 Å². The van der Waals surface area contributed by atoms with Gasteiger partial charge in [0.2, 0.25) is 0 Å². The van der Waals surface area contributed by atoms with Crippen LogP contribution in [0.2, 0.25) is 0 Å². The number of nitrogens with zero attached hydrogens (tertiary/aromatic N) is 1. The molecule has 0 radical (unpaired) electrons. The topological polar surface area (TPSA) is 70.0 Å². The van der Waals surface area contributed by atoms with Crippen molar-refractivity contribution >= 4 is 15.7 Å². The average Bonchev–Trinajstić information content (AvgIpc) is 2.43. The minimum absolute atomic E-state index is 0.0822. The van der Waals surface area contributed by atoms with Gasteiger partial charge in [0.1, 0.15) is 0 Å². The van der Waals surface area contributed by atoms with E-state index in [0.29, 0.717) is 5.56 Å². The fraction of sp³-hybridized carbons (Fsp3) is 0. The van der Waals surface area contributed by atoms with E-state index in [4.69, 9.17) is 5.26 Å². The smallest absolute Gasteiger partial charge is 0.261 e. The summed E-state index contributed by atoms with van der Waals surface area (Å²) in [6, 6.07) is 9.74. The van der Waals surface area contributed by atoms with Gasteiger partial charge in [0, 0.05) is 6.07 Å². The first kappa shape index (κ1) is 14.0. The Balaban J connectivity index is 2.30. The molecule has 2 rings (SSSR count). The second kappa shape index (κ2) is 5.27. The van der Waals surface area contributed by atoms with Gasteiger partial charge in [-0.05, 0) is 36.4 Å². The van der Waals surface area contributed by atoms with Gasteiger partial charge in [-0.1, -0.05) is 0 Å². The lowest BCUT2D eigenvalue weighted by atomic mass is 10.2. The van der Waals surface area contributed by atoms with E-state index in [1.165, 1.54) is 24.3 Å². The minimum atomic E-state index is -3.92. The Bertz CT molecular complexity index is 781. The van der Waals surface area contributed by atoms with Gasteiger partial charge in [-0.15, -0.1) is 0 Å². The summed E-state index contributed by atoms with van der Waals surface area (Å²) >= 11 is 0. The zero-order valence-electron chi connectivity index (χ0n) is 9.97. The monoisotopic (exact) mass is 294 g/mol. The third-order valence-corrected chi connectivity index (χ3v) is 3.86. The number of hydrogen-bond donors (Lipinski definition) is 1. The molecule has 0 unspecified atom stereocenters. The summed E-state index contributed by atoms with van der Waals surface area (Å²) < 4.78 is 51.9. The van der Waals surface area contributed by atoms with E-state index in [-0.39, 0.29) is 10.6 Å². The zero-order valence-corrected chi connectivity index (χ0v) is 10.8. The number of sulfonamides is 1. The maximum Gasteiger partial charge on any atom is 0.261 e. The molecule has 0 saturated carbocycles. The highest BCUT2D eigenvalue weighted by atomic mass is 32.2. The van der Waals surface area contributed by atoms with Gasteiger partial charge < -0.3 is 0 Å². The van der Waals surface area contributed by atoms with Crippen molar-refractivity contribution in [3.63, 3.8) is 0 Å². The fourth-order valence-electron chi connectivity index (χ4n) is 1.48. The molecule has 0 aliphatic rings. The molecule has 0 bridgehead atoms. The highest BCUT2D eigenvalue weighted by Crippen LogP contribution is 2.18. The Morgan fingerprint density at radius 1 is 1.00 bits per heavy atom. The molecule has 0 aliphatic carbocycles. The molecule has 0 atom stereocenters. The summed E-state index contributed by atoms with van der Waals surface area (Å²) in [7, 11) is -3.92. The fourth-order valence-corrected chi connectivity index (χ4v) is 2.53. The Kier molecular flexibility index (Phi) is 3.68. The molecule has 20 heavy (non-hydrogen) atoms. The van der Waals surface area contributed by atoms with Gasteiger partial charge in [-0.3, -0.25) is 4.72 Å². The number of nitriles is 1. The molecule has 4 nitrogen and oxygen atoms in total. The normalized spacial score (nSPS) is 10.8. The quantitative estimate of drug-likeness (QED) is 0.946. The Labute approximate surface area is 114 Å². The maximum atomic E-state index is 13.0. The van der Waals surface area contributed by atoms with Crippen LogP contribution >= 0.6 is 0 Å². The number of rotatable bonds is 3. The van der Waals surface area contributed by atoms with Crippen LogP contribution < -0.4 is 4.72 Å². The number of nitrogens with one attached hydrogen (secondary N) is 1. The lowest BCUT2D eigenvalue weighted by molar-refractivity contribution is 0.509. The van der Waals surface area contributed by atoms with E-state index < -0.39 is 21.7 Å². The molecule has 7 heteroatoms. The summed E-state index contributed by atoms with van der Waals surface area (Å²) in [5.41, 5.74) is 0.227. The first-order valence-corrected chi connectivity index (χ1v) is 6.89. The van der Waals surface area contributed by atoms with Crippen LogP contribution in [0, 0.1) is 23.0 Å². The predicted octanol–water partition coefficient (Wildman–Crippen LogP) is 2.64. The largest absolute Gasteiger partial charge is 0.280 e. The number of anilines is 1. The van der Waals surface area contributed by atoms with Crippen molar-refractivity contribution in [1.82, 2.24) is 0 Å². The molecule has 0 saturated heterocycles. The third kappa shape index (κ3) is 2.92. The Hall–Kier alpha value is -2.46. The van der Waals surface area contributed by atoms with Crippen LogP contribution in [0.25, 0.3) is 0 Å². The molecular weight excluding hydrogens is 286 g/mol.